The molecular formula is C10H7Cl2N5O. The fourth-order valence-electron chi connectivity index (χ4n) is 1.22. The topological polar surface area (TPSA) is 93.8 Å². The quantitative estimate of drug-likeness (QED) is 0.823. The predicted molar refractivity (Wildman–Crippen MR) is 68.7 cm³/mol. The van der Waals surface area contributed by atoms with Crippen LogP contribution in [-0.2, 0) is 0 Å². The maximum Gasteiger partial charge on any atom is 0.258 e. The molecule has 0 bridgehead atoms. The monoisotopic (exact) mass is 283 g/mol. The van der Waals surface area contributed by atoms with Crippen LogP contribution in [0, 0.1) is 0 Å². The molecule has 0 aliphatic heterocycles. The van der Waals surface area contributed by atoms with Gasteiger partial charge in [-0.2, -0.15) is 5.10 Å². The molecule has 0 saturated carbocycles. The molecule has 1 amide bonds. The SMILES string of the molecule is Nc1cc(C(=O)Nc2nccnn2)cc(Cl)c1Cl. The van der Waals surface area contributed by atoms with Crippen molar-refractivity contribution in [2.75, 3.05) is 11.1 Å². The van der Waals surface area contributed by atoms with E-state index in [2.05, 4.69) is 20.5 Å². The average molecular weight is 284 g/mol. The zero-order valence-electron chi connectivity index (χ0n) is 8.89. The van der Waals surface area contributed by atoms with Crippen LogP contribution < -0.4 is 11.1 Å². The fourth-order valence-corrected chi connectivity index (χ4v) is 1.56. The first-order chi connectivity index (χ1) is 8.58. The number of hydrogen-bond donors (Lipinski definition) is 2. The lowest BCUT2D eigenvalue weighted by molar-refractivity contribution is 0.102. The summed E-state index contributed by atoms with van der Waals surface area (Å²) in [4.78, 5) is 15.7. The Hall–Kier alpha value is -1.92. The van der Waals surface area contributed by atoms with Crippen molar-refractivity contribution in [1.82, 2.24) is 15.2 Å². The van der Waals surface area contributed by atoms with Crippen molar-refractivity contribution in [2.45, 2.75) is 0 Å². The molecule has 2 rings (SSSR count). The van der Waals surface area contributed by atoms with E-state index >= 15 is 0 Å². The van der Waals surface area contributed by atoms with E-state index in [-0.39, 0.29) is 27.2 Å². The van der Waals surface area contributed by atoms with Gasteiger partial charge in [0.1, 0.15) is 0 Å². The van der Waals surface area contributed by atoms with Crippen molar-refractivity contribution in [2.24, 2.45) is 0 Å². The summed E-state index contributed by atoms with van der Waals surface area (Å²) < 4.78 is 0. The van der Waals surface area contributed by atoms with Gasteiger partial charge in [0.15, 0.2) is 0 Å². The minimum absolute atomic E-state index is 0.0899. The molecule has 0 atom stereocenters. The molecular weight excluding hydrogens is 277 g/mol. The number of hydrogen-bond acceptors (Lipinski definition) is 5. The van der Waals surface area contributed by atoms with Crippen molar-refractivity contribution < 1.29 is 4.79 Å². The van der Waals surface area contributed by atoms with Gasteiger partial charge in [-0.1, -0.05) is 23.2 Å². The van der Waals surface area contributed by atoms with Gasteiger partial charge in [0.2, 0.25) is 5.95 Å². The molecule has 2 aromatic rings. The highest BCUT2D eigenvalue weighted by molar-refractivity contribution is 6.43. The van der Waals surface area contributed by atoms with Gasteiger partial charge in [-0.3, -0.25) is 10.1 Å². The number of nitrogens with zero attached hydrogens (tertiary/aromatic N) is 3. The fraction of sp³-hybridized carbons (Fsp3) is 0. The molecule has 0 fully saturated rings. The number of nitrogens with one attached hydrogen (secondary N) is 1. The number of carbonyl (C=O) groups excluding carboxylic acids is 1. The summed E-state index contributed by atoms with van der Waals surface area (Å²) >= 11 is 11.6. The number of amides is 1. The van der Waals surface area contributed by atoms with Gasteiger partial charge >= 0.3 is 0 Å². The molecule has 0 unspecified atom stereocenters. The number of benzene rings is 1. The van der Waals surface area contributed by atoms with E-state index in [0.717, 1.165) is 0 Å². The number of anilines is 2. The molecule has 0 aliphatic carbocycles. The average Bonchev–Trinajstić information content (AvgIpc) is 2.36. The minimum Gasteiger partial charge on any atom is -0.397 e. The van der Waals surface area contributed by atoms with E-state index < -0.39 is 5.91 Å². The van der Waals surface area contributed by atoms with E-state index in [4.69, 9.17) is 28.9 Å². The third kappa shape index (κ3) is 2.66. The molecule has 3 N–H and O–H groups in total. The summed E-state index contributed by atoms with van der Waals surface area (Å²) in [6.45, 7) is 0. The molecule has 1 aromatic heterocycles. The lowest BCUT2D eigenvalue weighted by Gasteiger charge is -2.06. The van der Waals surface area contributed by atoms with Crippen molar-refractivity contribution >= 4 is 40.7 Å². The Balaban J connectivity index is 2.25. The molecule has 92 valence electrons. The second kappa shape index (κ2) is 5.16. The van der Waals surface area contributed by atoms with E-state index in [0.29, 0.717) is 0 Å². The minimum atomic E-state index is -0.451. The lowest BCUT2D eigenvalue weighted by Crippen LogP contribution is -2.14. The Labute approximate surface area is 112 Å². The summed E-state index contributed by atoms with van der Waals surface area (Å²) in [6.07, 6.45) is 2.80. The normalized spacial score (nSPS) is 10.1. The first kappa shape index (κ1) is 12.5. The Morgan fingerprint density at radius 1 is 1.28 bits per heavy atom. The lowest BCUT2D eigenvalue weighted by atomic mass is 10.2. The largest absolute Gasteiger partial charge is 0.397 e. The molecule has 1 aromatic carbocycles. The van der Waals surface area contributed by atoms with Gasteiger partial charge < -0.3 is 5.73 Å². The van der Waals surface area contributed by atoms with E-state index in [1.54, 1.807) is 0 Å². The third-order valence-corrected chi connectivity index (χ3v) is 2.84. The summed E-state index contributed by atoms with van der Waals surface area (Å²) in [5.74, 6) is -0.361. The van der Waals surface area contributed by atoms with Crippen LogP contribution in [0.2, 0.25) is 10.0 Å². The Morgan fingerprint density at radius 2 is 2.06 bits per heavy atom. The molecule has 0 aliphatic rings. The second-order valence-electron chi connectivity index (χ2n) is 3.28. The highest BCUT2D eigenvalue weighted by Gasteiger charge is 2.12. The smallest absolute Gasteiger partial charge is 0.258 e. The number of aromatic nitrogens is 3. The van der Waals surface area contributed by atoms with Crippen LogP contribution in [-0.4, -0.2) is 21.1 Å². The Kier molecular flexibility index (Phi) is 3.59. The van der Waals surface area contributed by atoms with Gasteiger partial charge in [-0.15, -0.1) is 5.10 Å². The van der Waals surface area contributed by atoms with Crippen molar-refractivity contribution in [1.29, 1.82) is 0 Å². The van der Waals surface area contributed by atoms with E-state index in [9.17, 15) is 4.79 Å². The molecule has 0 radical (unpaired) electrons. The zero-order valence-corrected chi connectivity index (χ0v) is 10.4. The van der Waals surface area contributed by atoms with Gasteiger partial charge in [-0.25, -0.2) is 4.98 Å². The number of carbonyl (C=O) groups is 1. The van der Waals surface area contributed by atoms with Crippen LogP contribution in [0.1, 0.15) is 10.4 Å². The number of nitrogen functional groups attached to an aromatic ring is 1. The standard InChI is InChI=1S/C10H7Cl2N5O/c11-6-3-5(4-7(13)8(6)12)9(18)16-10-14-1-2-15-17-10/h1-4H,13H2,(H,14,16,17,18). The van der Waals surface area contributed by atoms with Crippen LogP contribution >= 0.6 is 23.2 Å². The summed E-state index contributed by atoms with van der Waals surface area (Å²) in [5.41, 5.74) is 6.09. The first-order valence-electron chi connectivity index (χ1n) is 4.77. The van der Waals surface area contributed by atoms with Crippen LogP contribution in [0.25, 0.3) is 0 Å². The maximum absolute atomic E-state index is 11.9. The molecule has 0 spiro atoms. The van der Waals surface area contributed by atoms with Crippen molar-refractivity contribution in [3.8, 4) is 0 Å². The predicted octanol–water partition coefficient (Wildman–Crippen LogP) is 2.01. The van der Waals surface area contributed by atoms with Gasteiger partial charge in [-0.05, 0) is 12.1 Å². The number of halogens is 2. The Morgan fingerprint density at radius 3 is 2.67 bits per heavy atom. The molecule has 6 nitrogen and oxygen atoms in total. The van der Waals surface area contributed by atoms with Crippen molar-refractivity contribution in [3.63, 3.8) is 0 Å². The van der Waals surface area contributed by atoms with Gasteiger partial charge in [0, 0.05) is 5.56 Å². The number of rotatable bonds is 2. The maximum atomic E-state index is 11.9. The van der Waals surface area contributed by atoms with Crippen LogP contribution in [0.3, 0.4) is 0 Å². The highest BCUT2D eigenvalue weighted by Crippen LogP contribution is 2.29. The van der Waals surface area contributed by atoms with Crippen molar-refractivity contribution in [3.05, 3.63) is 40.1 Å². The van der Waals surface area contributed by atoms with E-state index in [1.165, 1.54) is 24.5 Å². The van der Waals surface area contributed by atoms with Crippen LogP contribution in [0.5, 0.6) is 0 Å². The Bertz CT molecular complexity index is 567. The highest BCUT2D eigenvalue weighted by atomic mass is 35.5. The molecule has 18 heavy (non-hydrogen) atoms. The molecule has 1 heterocycles. The molecule has 0 saturated heterocycles. The van der Waals surface area contributed by atoms with Gasteiger partial charge in [0.05, 0.1) is 28.1 Å². The molecule has 8 heteroatoms. The third-order valence-electron chi connectivity index (χ3n) is 2.03. The van der Waals surface area contributed by atoms with Crippen LogP contribution in [0.15, 0.2) is 24.5 Å². The summed E-state index contributed by atoms with van der Waals surface area (Å²) in [7, 11) is 0. The first-order valence-corrected chi connectivity index (χ1v) is 5.53. The second-order valence-corrected chi connectivity index (χ2v) is 4.07. The summed E-state index contributed by atoms with van der Waals surface area (Å²) in [5, 5.41) is 10.1. The number of nitrogens with two attached hydrogens (primary N) is 1. The van der Waals surface area contributed by atoms with Gasteiger partial charge in [0.25, 0.3) is 5.91 Å². The van der Waals surface area contributed by atoms with Crippen LogP contribution in [0.4, 0.5) is 11.6 Å². The zero-order chi connectivity index (χ0) is 13.1. The summed E-state index contributed by atoms with van der Waals surface area (Å²) in [6, 6.07) is 2.83. The van der Waals surface area contributed by atoms with E-state index in [1.807, 2.05) is 0 Å².